The number of allylic oxidation sites excluding steroid dienone is 4. The molecule has 0 heterocycles. The second-order valence-electron chi connectivity index (χ2n) is 15.6. The smallest absolute Gasteiger partial charge is 0.0550 e. The average molecular weight is 805 g/mol. The van der Waals surface area contributed by atoms with Gasteiger partial charge in [0.05, 0.1) is 5.69 Å². The molecule has 2 heteroatoms. The second kappa shape index (κ2) is 18.1. The van der Waals surface area contributed by atoms with Crippen LogP contribution >= 0.6 is 0 Å². The van der Waals surface area contributed by atoms with E-state index in [2.05, 4.69) is 271 Å². The van der Waals surface area contributed by atoms with E-state index in [0.717, 1.165) is 73.8 Å². The molecule has 0 aliphatic heterocycles. The van der Waals surface area contributed by atoms with Gasteiger partial charge in [-0.3, -0.25) is 0 Å². The summed E-state index contributed by atoms with van der Waals surface area (Å²) >= 11 is 0. The normalized spacial score (nSPS) is 11.8. The molecule has 0 aromatic heterocycles. The molecule has 1 aliphatic carbocycles. The molecule has 0 bridgehead atoms. The van der Waals surface area contributed by atoms with Crippen LogP contribution in [-0.2, 0) is 0 Å². The van der Waals surface area contributed by atoms with Crippen LogP contribution < -0.4 is 10.2 Å². The Bertz CT molecular complexity index is 3000. The first-order chi connectivity index (χ1) is 31.2. The zero-order chi connectivity index (χ0) is 42.2. The van der Waals surface area contributed by atoms with Gasteiger partial charge in [0.15, 0.2) is 0 Å². The fraction of sp³-hybridized carbons (Fsp3) is 0.0164. The van der Waals surface area contributed by atoms with E-state index in [9.17, 15) is 0 Å². The van der Waals surface area contributed by atoms with Crippen LogP contribution in [0.4, 0.5) is 28.4 Å². The molecule has 9 aromatic carbocycles. The minimum atomic E-state index is 0.733. The van der Waals surface area contributed by atoms with Crippen molar-refractivity contribution < 1.29 is 0 Å². The van der Waals surface area contributed by atoms with Crippen molar-refractivity contribution in [1.29, 1.82) is 0 Å². The first kappa shape index (κ1) is 38.8. The largest absolute Gasteiger partial charge is 0.354 e. The van der Waals surface area contributed by atoms with Crippen LogP contribution in [0.5, 0.6) is 0 Å². The molecule has 0 fully saturated rings. The SMILES string of the molecule is C1#CC(c2cc(-c3ccccc3)cc(-c3ccccc3)c2Nc2ccc(-c3ccc(N(c4ccc(-c5ccccc5)cc4)c4ccc(-c5ccccc5)cc4)cc3)cc2)=CC=CC1. The topological polar surface area (TPSA) is 15.3 Å². The van der Waals surface area contributed by atoms with Crippen molar-refractivity contribution in [3.05, 3.63) is 254 Å². The Kier molecular flexibility index (Phi) is 11.1. The summed E-state index contributed by atoms with van der Waals surface area (Å²) in [7, 11) is 0. The van der Waals surface area contributed by atoms with Gasteiger partial charge >= 0.3 is 0 Å². The molecule has 63 heavy (non-hydrogen) atoms. The van der Waals surface area contributed by atoms with Gasteiger partial charge in [0.1, 0.15) is 0 Å². The molecule has 0 saturated heterocycles. The molecule has 10 rings (SSSR count). The third kappa shape index (κ3) is 8.64. The molecule has 0 saturated carbocycles. The Morgan fingerprint density at radius 3 is 1.21 bits per heavy atom. The fourth-order valence-corrected chi connectivity index (χ4v) is 8.28. The van der Waals surface area contributed by atoms with Crippen LogP contribution in [0.25, 0.3) is 61.2 Å². The van der Waals surface area contributed by atoms with Gasteiger partial charge < -0.3 is 10.2 Å². The van der Waals surface area contributed by atoms with Gasteiger partial charge in [-0.25, -0.2) is 0 Å². The first-order valence-electron chi connectivity index (χ1n) is 21.5. The third-order valence-electron chi connectivity index (χ3n) is 11.5. The maximum atomic E-state index is 3.86. The lowest BCUT2D eigenvalue weighted by Crippen LogP contribution is -2.09. The van der Waals surface area contributed by atoms with Crippen LogP contribution in [0, 0.1) is 11.8 Å². The van der Waals surface area contributed by atoms with E-state index in [1.165, 1.54) is 27.8 Å². The zero-order valence-corrected chi connectivity index (χ0v) is 34.8. The van der Waals surface area contributed by atoms with Crippen molar-refractivity contribution >= 4 is 34.0 Å². The number of rotatable bonds is 11. The average Bonchev–Trinajstić information content (AvgIpc) is 3.66. The monoisotopic (exact) mass is 804 g/mol. The van der Waals surface area contributed by atoms with Crippen molar-refractivity contribution in [2.45, 2.75) is 6.42 Å². The predicted molar refractivity (Wildman–Crippen MR) is 268 cm³/mol. The third-order valence-corrected chi connectivity index (χ3v) is 11.5. The Hall–Kier alpha value is -8.38. The van der Waals surface area contributed by atoms with E-state index in [1.54, 1.807) is 0 Å². The highest BCUT2D eigenvalue weighted by Crippen LogP contribution is 2.42. The standard InChI is InChI=1S/C61H44N2/c1-2-8-24-52(23-7-1)59-43-54(47-21-13-5-14-22-47)44-60(53-25-15-6-16-26-53)61(59)62-55-35-27-48(28-36-55)51-33-41-58(42-34-51)63(56-37-29-49(30-38-56)45-17-9-3-10-18-45)57-39-31-50(32-40-57)46-19-11-4-12-20-46/h1,3-7,9-23,25-44,62H,2H2. The van der Waals surface area contributed by atoms with E-state index < -0.39 is 0 Å². The minimum Gasteiger partial charge on any atom is -0.354 e. The molecule has 0 atom stereocenters. The van der Waals surface area contributed by atoms with Crippen LogP contribution in [0.15, 0.2) is 249 Å². The van der Waals surface area contributed by atoms with E-state index in [4.69, 9.17) is 0 Å². The Labute approximate surface area is 370 Å². The lowest BCUT2D eigenvalue weighted by Gasteiger charge is -2.26. The van der Waals surface area contributed by atoms with Crippen molar-refractivity contribution in [1.82, 2.24) is 0 Å². The lowest BCUT2D eigenvalue weighted by atomic mass is 9.90. The minimum absolute atomic E-state index is 0.733. The van der Waals surface area contributed by atoms with Crippen molar-refractivity contribution in [2.24, 2.45) is 0 Å². The van der Waals surface area contributed by atoms with Gasteiger partial charge in [0.25, 0.3) is 0 Å². The Morgan fingerprint density at radius 2 is 0.746 bits per heavy atom. The van der Waals surface area contributed by atoms with Gasteiger partial charge in [-0.15, -0.1) is 0 Å². The highest BCUT2D eigenvalue weighted by Gasteiger charge is 2.18. The number of anilines is 5. The van der Waals surface area contributed by atoms with E-state index in [-0.39, 0.29) is 0 Å². The van der Waals surface area contributed by atoms with Crippen LogP contribution in [0.2, 0.25) is 0 Å². The number of benzene rings is 9. The molecule has 1 N–H and O–H groups in total. The number of hydrogen-bond donors (Lipinski definition) is 1. The highest BCUT2D eigenvalue weighted by molar-refractivity contribution is 5.98. The molecule has 0 amide bonds. The first-order valence-corrected chi connectivity index (χ1v) is 21.5. The summed E-state index contributed by atoms with van der Waals surface area (Å²) in [5, 5.41) is 3.86. The number of hydrogen-bond acceptors (Lipinski definition) is 2. The number of nitrogens with one attached hydrogen (secondary N) is 1. The number of nitrogens with zero attached hydrogens (tertiary/aromatic N) is 1. The lowest BCUT2D eigenvalue weighted by molar-refractivity contribution is 1.28. The second-order valence-corrected chi connectivity index (χ2v) is 15.6. The molecule has 0 unspecified atom stereocenters. The molecular formula is C61H44N2. The summed E-state index contributed by atoms with van der Waals surface area (Å²) in [6.45, 7) is 0. The van der Waals surface area contributed by atoms with Gasteiger partial charge in [0, 0.05) is 45.9 Å². The van der Waals surface area contributed by atoms with Crippen molar-refractivity contribution in [2.75, 3.05) is 10.2 Å². The molecule has 2 nitrogen and oxygen atoms in total. The molecule has 298 valence electrons. The molecule has 1 aliphatic rings. The van der Waals surface area contributed by atoms with Crippen molar-refractivity contribution in [3.63, 3.8) is 0 Å². The summed E-state index contributed by atoms with van der Waals surface area (Å²) in [5.41, 5.74) is 19.0. The summed E-state index contributed by atoms with van der Waals surface area (Å²) < 4.78 is 0. The maximum absolute atomic E-state index is 3.86. The maximum Gasteiger partial charge on any atom is 0.0550 e. The molecule has 0 radical (unpaired) electrons. The molecular weight excluding hydrogens is 761 g/mol. The van der Waals surface area contributed by atoms with Gasteiger partial charge in [-0.2, -0.15) is 0 Å². The zero-order valence-electron chi connectivity index (χ0n) is 34.8. The molecule has 0 spiro atoms. The van der Waals surface area contributed by atoms with Crippen LogP contribution in [-0.4, -0.2) is 0 Å². The van der Waals surface area contributed by atoms with Gasteiger partial charge in [-0.1, -0.05) is 194 Å². The summed E-state index contributed by atoms with van der Waals surface area (Å²) in [6.07, 6.45) is 7.09. The van der Waals surface area contributed by atoms with E-state index in [0.29, 0.717) is 0 Å². The Morgan fingerprint density at radius 1 is 0.365 bits per heavy atom. The summed E-state index contributed by atoms with van der Waals surface area (Å²) in [6, 6.07) is 82.2. The quantitative estimate of drug-likeness (QED) is 0.131. The summed E-state index contributed by atoms with van der Waals surface area (Å²) in [4.78, 5) is 2.33. The molecule has 9 aromatic rings. The summed E-state index contributed by atoms with van der Waals surface area (Å²) in [5.74, 6) is 6.81. The predicted octanol–water partition coefficient (Wildman–Crippen LogP) is 16.6. The van der Waals surface area contributed by atoms with Crippen LogP contribution in [0.3, 0.4) is 0 Å². The van der Waals surface area contributed by atoms with Crippen LogP contribution in [0.1, 0.15) is 12.0 Å². The van der Waals surface area contributed by atoms with Gasteiger partial charge in [0.2, 0.25) is 0 Å². The fourth-order valence-electron chi connectivity index (χ4n) is 8.28. The highest BCUT2D eigenvalue weighted by atomic mass is 15.1. The van der Waals surface area contributed by atoms with E-state index in [1.807, 2.05) is 0 Å². The Balaban J connectivity index is 0.974. The van der Waals surface area contributed by atoms with Crippen molar-refractivity contribution in [3.8, 4) is 67.5 Å². The van der Waals surface area contributed by atoms with Gasteiger partial charge in [-0.05, 0) is 117 Å². The van der Waals surface area contributed by atoms with E-state index >= 15 is 0 Å².